The molecule has 5 nitrogen and oxygen atoms in total. The fourth-order valence-electron chi connectivity index (χ4n) is 2.86. The maximum absolute atomic E-state index is 12.7. The number of nitrogens with zero attached hydrogens (tertiary/aromatic N) is 1. The number of nitrogens with one attached hydrogen (secondary N) is 1. The summed E-state index contributed by atoms with van der Waals surface area (Å²) < 4.78 is 10.6. The number of carbonyl (C=O) groups excluding carboxylic acids is 1. The fraction of sp³-hybridized carbons (Fsp3) is 0.263. The number of aromatic nitrogens is 1. The van der Waals surface area contributed by atoms with Gasteiger partial charge in [0.2, 0.25) is 5.91 Å². The van der Waals surface area contributed by atoms with E-state index in [-0.39, 0.29) is 5.91 Å². The summed E-state index contributed by atoms with van der Waals surface area (Å²) in [6, 6.07) is 13.5. The summed E-state index contributed by atoms with van der Waals surface area (Å²) in [6.07, 6.45) is 1.61. The highest BCUT2D eigenvalue weighted by Gasteiger charge is 2.53. The Bertz CT molecular complexity index is 864. The van der Waals surface area contributed by atoms with Crippen molar-refractivity contribution in [2.75, 3.05) is 7.11 Å². The highest BCUT2D eigenvalue weighted by molar-refractivity contribution is 7.13. The van der Waals surface area contributed by atoms with Gasteiger partial charge in [-0.2, -0.15) is 0 Å². The molecule has 2 heterocycles. The Hall–Kier alpha value is -2.60. The van der Waals surface area contributed by atoms with Crippen molar-refractivity contribution in [2.24, 2.45) is 0 Å². The Morgan fingerprint density at radius 3 is 2.76 bits per heavy atom. The van der Waals surface area contributed by atoms with Crippen LogP contribution in [-0.4, -0.2) is 18.2 Å². The second-order valence-corrected chi connectivity index (χ2v) is 7.11. The molecular formula is C19H18N2O3S. The highest BCUT2D eigenvalue weighted by atomic mass is 32.1. The van der Waals surface area contributed by atoms with E-state index in [9.17, 15) is 4.79 Å². The lowest BCUT2D eigenvalue weighted by Crippen LogP contribution is -2.34. The van der Waals surface area contributed by atoms with E-state index in [1.165, 1.54) is 0 Å². The largest absolute Gasteiger partial charge is 0.497 e. The molecule has 25 heavy (non-hydrogen) atoms. The van der Waals surface area contributed by atoms with E-state index in [1.807, 2.05) is 47.8 Å². The molecule has 1 N–H and O–H groups in total. The first kappa shape index (κ1) is 15.9. The van der Waals surface area contributed by atoms with Gasteiger partial charge in [-0.1, -0.05) is 23.4 Å². The van der Waals surface area contributed by atoms with Gasteiger partial charge in [-0.15, -0.1) is 11.3 Å². The molecule has 2 aromatic heterocycles. The monoisotopic (exact) mass is 354 g/mol. The number of rotatable bonds is 6. The summed E-state index contributed by atoms with van der Waals surface area (Å²) >= 11 is 1.59. The van der Waals surface area contributed by atoms with Crippen molar-refractivity contribution in [1.29, 1.82) is 0 Å². The van der Waals surface area contributed by atoms with Crippen molar-refractivity contribution in [2.45, 2.75) is 24.8 Å². The quantitative estimate of drug-likeness (QED) is 0.732. The van der Waals surface area contributed by atoms with Crippen LogP contribution in [0.1, 0.15) is 24.1 Å². The molecule has 0 aliphatic heterocycles. The molecule has 0 spiro atoms. The maximum atomic E-state index is 12.7. The second-order valence-electron chi connectivity index (χ2n) is 6.17. The van der Waals surface area contributed by atoms with Crippen LogP contribution in [0.4, 0.5) is 0 Å². The fourth-order valence-corrected chi connectivity index (χ4v) is 3.53. The number of hydrogen-bond acceptors (Lipinski definition) is 5. The van der Waals surface area contributed by atoms with Crippen LogP contribution in [0, 0.1) is 0 Å². The van der Waals surface area contributed by atoms with Gasteiger partial charge in [0.25, 0.3) is 0 Å². The lowest BCUT2D eigenvalue weighted by molar-refractivity contribution is -0.123. The normalized spacial score (nSPS) is 14.9. The van der Waals surface area contributed by atoms with Gasteiger partial charge in [0.1, 0.15) is 5.75 Å². The van der Waals surface area contributed by atoms with Crippen LogP contribution in [0.25, 0.3) is 10.6 Å². The van der Waals surface area contributed by atoms with Crippen LogP contribution in [0.15, 0.2) is 52.4 Å². The zero-order valence-electron chi connectivity index (χ0n) is 13.8. The van der Waals surface area contributed by atoms with E-state index in [4.69, 9.17) is 9.26 Å². The van der Waals surface area contributed by atoms with Crippen molar-refractivity contribution in [1.82, 2.24) is 10.5 Å². The Balaban J connectivity index is 1.44. The van der Waals surface area contributed by atoms with Gasteiger partial charge in [-0.3, -0.25) is 4.79 Å². The van der Waals surface area contributed by atoms with E-state index < -0.39 is 5.41 Å². The second kappa shape index (κ2) is 6.37. The summed E-state index contributed by atoms with van der Waals surface area (Å²) in [6.45, 7) is 0.486. The predicted molar refractivity (Wildman–Crippen MR) is 95.6 cm³/mol. The lowest BCUT2D eigenvalue weighted by atomic mass is 10.0. The first-order valence-corrected chi connectivity index (χ1v) is 9.01. The van der Waals surface area contributed by atoms with Crippen molar-refractivity contribution >= 4 is 17.2 Å². The number of benzene rings is 1. The van der Waals surface area contributed by atoms with Crippen LogP contribution in [-0.2, 0) is 16.8 Å². The predicted octanol–water partition coefficient (Wildman–Crippen LogP) is 3.76. The Morgan fingerprint density at radius 1 is 1.32 bits per heavy atom. The zero-order valence-corrected chi connectivity index (χ0v) is 14.6. The van der Waals surface area contributed by atoms with E-state index in [1.54, 1.807) is 18.4 Å². The molecule has 1 amide bonds. The molecule has 0 bridgehead atoms. The molecule has 128 valence electrons. The van der Waals surface area contributed by atoms with Crippen LogP contribution < -0.4 is 10.1 Å². The average Bonchev–Trinajstić information content (AvgIpc) is 3.07. The SMILES string of the molecule is COc1ccc(CNC(=O)C2(c3cc(-c4cccs4)on3)CC2)cc1. The Labute approximate surface area is 149 Å². The molecular weight excluding hydrogens is 336 g/mol. The first-order valence-electron chi connectivity index (χ1n) is 8.13. The van der Waals surface area contributed by atoms with Crippen molar-refractivity contribution < 1.29 is 14.1 Å². The number of amides is 1. The van der Waals surface area contributed by atoms with Crippen LogP contribution in [0.3, 0.4) is 0 Å². The van der Waals surface area contributed by atoms with Gasteiger partial charge in [0.15, 0.2) is 5.76 Å². The first-order chi connectivity index (χ1) is 12.2. The number of thiophene rings is 1. The van der Waals surface area contributed by atoms with Crippen LogP contribution >= 0.6 is 11.3 Å². The molecule has 3 aromatic rings. The minimum Gasteiger partial charge on any atom is -0.497 e. The van der Waals surface area contributed by atoms with Gasteiger partial charge in [-0.25, -0.2) is 0 Å². The molecule has 0 radical (unpaired) electrons. The molecule has 0 unspecified atom stereocenters. The maximum Gasteiger partial charge on any atom is 0.232 e. The molecule has 1 saturated carbocycles. The number of methoxy groups -OCH3 is 1. The van der Waals surface area contributed by atoms with Crippen LogP contribution in [0.5, 0.6) is 5.75 Å². The molecule has 6 heteroatoms. The molecule has 1 aliphatic rings. The van der Waals surface area contributed by atoms with E-state index in [2.05, 4.69) is 10.5 Å². The van der Waals surface area contributed by atoms with Gasteiger partial charge in [-0.05, 0) is 42.0 Å². The zero-order chi connectivity index (χ0) is 17.3. The smallest absolute Gasteiger partial charge is 0.232 e. The Morgan fingerprint density at radius 2 is 2.12 bits per heavy atom. The minimum atomic E-state index is -0.536. The third-order valence-electron chi connectivity index (χ3n) is 4.56. The van der Waals surface area contributed by atoms with E-state index in [0.717, 1.165) is 40.5 Å². The van der Waals surface area contributed by atoms with Crippen molar-refractivity contribution in [3.63, 3.8) is 0 Å². The van der Waals surface area contributed by atoms with Gasteiger partial charge in [0.05, 0.1) is 23.1 Å². The molecule has 4 rings (SSSR count). The molecule has 1 aromatic carbocycles. The minimum absolute atomic E-state index is 0.00866. The van der Waals surface area contributed by atoms with Gasteiger partial charge in [0, 0.05) is 12.6 Å². The topological polar surface area (TPSA) is 64.4 Å². The van der Waals surface area contributed by atoms with Crippen molar-refractivity contribution in [3.05, 3.63) is 59.1 Å². The third kappa shape index (κ3) is 3.05. The standard InChI is InChI=1S/C19H18N2O3S/c1-23-14-6-4-13(5-7-14)12-20-18(22)19(8-9-19)17-11-15(24-21-17)16-3-2-10-25-16/h2-7,10-11H,8-9,12H2,1H3,(H,20,22). The average molecular weight is 354 g/mol. The number of hydrogen-bond donors (Lipinski definition) is 1. The number of ether oxygens (including phenoxy) is 1. The van der Waals surface area contributed by atoms with E-state index in [0.29, 0.717) is 6.54 Å². The molecule has 1 aliphatic carbocycles. The summed E-state index contributed by atoms with van der Waals surface area (Å²) in [7, 11) is 1.63. The van der Waals surface area contributed by atoms with Crippen molar-refractivity contribution in [3.8, 4) is 16.4 Å². The summed E-state index contributed by atoms with van der Waals surface area (Å²) in [5.41, 5.74) is 1.22. The lowest BCUT2D eigenvalue weighted by Gasteiger charge is -2.12. The third-order valence-corrected chi connectivity index (χ3v) is 5.45. The summed E-state index contributed by atoms with van der Waals surface area (Å²) in [4.78, 5) is 13.7. The molecule has 0 atom stereocenters. The molecule has 0 saturated heterocycles. The summed E-state index contributed by atoms with van der Waals surface area (Å²) in [5, 5.41) is 9.17. The summed E-state index contributed by atoms with van der Waals surface area (Å²) in [5.74, 6) is 1.53. The van der Waals surface area contributed by atoms with Gasteiger partial charge >= 0.3 is 0 Å². The van der Waals surface area contributed by atoms with Crippen LogP contribution in [0.2, 0.25) is 0 Å². The highest BCUT2D eigenvalue weighted by Crippen LogP contribution is 2.48. The molecule has 1 fully saturated rings. The number of carbonyl (C=O) groups is 1. The Kier molecular flexibility index (Phi) is 4.05. The van der Waals surface area contributed by atoms with E-state index >= 15 is 0 Å². The van der Waals surface area contributed by atoms with Gasteiger partial charge < -0.3 is 14.6 Å².